The second kappa shape index (κ2) is 9.30. The Labute approximate surface area is 152 Å². The Kier molecular flexibility index (Phi) is 6.56. The van der Waals surface area contributed by atoms with Gasteiger partial charge in [-0.2, -0.15) is 5.10 Å². The van der Waals surface area contributed by atoms with Crippen molar-refractivity contribution in [2.24, 2.45) is 10.7 Å². The van der Waals surface area contributed by atoms with E-state index >= 15 is 0 Å². The van der Waals surface area contributed by atoms with Crippen LogP contribution in [0.1, 0.15) is 12.1 Å². The molecule has 0 spiro atoms. The van der Waals surface area contributed by atoms with Gasteiger partial charge in [-0.3, -0.25) is 4.90 Å². The van der Waals surface area contributed by atoms with Gasteiger partial charge in [0, 0.05) is 25.8 Å². The minimum absolute atomic E-state index is 0.266. The Balaban J connectivity index is 1.40. The molecule has 1 aromatic heterocycles. The number of aliphatic imine (C=N–C) groups is 1. The van der Waals surface area contributed by atoms with Crippen LogP contribution < -0.4 is 11.1 Å². The zero-order valence-corrected chi connectivity index (χ0v) is 14.8. The van der Waals surface area contributed by atoms with Crippen molar-refractivity contribution in [2.75, 3.05) is 39.4 Å². The Hall–Kier alpha value is -2.45. The maximum Gasteiger partial charge on any atom is 0.188 e. The van der Waals surface area contributed by atoms with Crippen LogP contribution in [-0.2, 0) is 11.3 Å². The van der Waals surface area contributed by atoms with Gasteiger partial charge in [0.25, 0.3) is 0 Å². The SMILES string of the molecule is NC(=NCc1ccn(-c2ccc(F)cc2)n1)NCCCN1CCOCC1. The monoisotopic (exact) mass is 360 g/mol. The van der Waals surface area contributed by atoms with Gasteiger partial charge in [0.05, 0.1) is 31.1 Å². The Morgan fingerprint density at radius 3 is 2.77 bits per heavy atom. The number of hydrogen-bond acceptors (Lipinski definition) is 4. The van der Waals surface area contributed by atoms with E-state index in [1.165, 1.54) is 12.1 Å². The van der Waals surface area contributed by atoms with Crippen LogP contribution in [0.3, 0.4) is 0 Å². The molecule has 26 heavy (non-hydrogen) atoms. The van der Waals surface area contributed by atoms with Gasteiger partial charge < -0.3 is 15.8 Å². The summed E-state index contributed by atoms with van der Waals surface area (Å²) in [6, 6.07) is 8.05. The van der Waals surface area contributed by atoms with Gasteiger partial charge in [0.1, 0.15) is 5.82 Å². The number of aromatic nitrogens is 2. The van der Waals surface area contributed by atoms with Crippen molar-refractivity contribution in [3.05, 3.63) is 48.0 Å². The van der Waals surface area contributed by atoms with Crippen LogP contribution in [0.25, 0.3) is 5.69 Å². The zero-order valence-electron chi connectivity index (χ0n) is 14.8. The molecule has 2 aromatic rings. The van der Waals surface area contributed by atoms with E-state index in [0.29, 0.717) is 12.5 Å². The summed E-state index contributed by atoms with van der Waals surface area (Å²) in [6.07, 6.45) is 2.83. The van der Waals surface area contributed by atoms with Crippen LogP contribution in [0.4, 0.5) is 4.39 Å². The summed E-state index contributed by atoms with van der Waals surface area (Å²) in [5.74, 6) is 0.154. The first-order chi connectivity index (χ1) is 12.7. The fourth-order valence-electron chi connectivity index (χ4n) is 2.75. The molecular weight excluding hydrogens is 335 g/mol. The van der Waals surface area contributed by atoms with Gasteiger partial charge in [-0.05, 0) is 43.3 Å². The van der Waals surface area contributed by atoms with E-state index in [1.54, 1.807) is 16.8 Å². The van der Waals surface area contributed by atoms with Crippen molar-refractivity contribution >= 4 is 5.96 Å². The molecule has 1 aromatic carbocycles. The molecule has 0 radical (unpaired) electrons. The molecule has 3 rings (SSSR count). The average molecular weight is 360 g/mol. The van der Waals surface area contributed by atoms with E-state index in [1.807, 2.05) is 12.3 Å². The van der Waals surface area contributed by atoms with Crippen molar-refractivity contribution in [1.29, 1.82) is 0 Å². The zero-order chi connectivity index (χ0) is 18.2. The lowest BCUT2D eigenvalue weighted by molar-refractivity contribution is 0.0376. The Morgan fingerprint density at radius 2 is 2.00 bits per heavy atom. The highest BCUT2D eigenvalue weighted by molar-refractivity contribution is 5.77. The minimum Gasteiger partial charge on any atom is -0.379 e. The fourth-order valence-corrected chi connectivity index (χ4v) is 2.75. The third-order valence-corrected chi connectivity index (χ3v) is 4.21. The van der Waals surface area contributed by atoms with Gasteiger partial charge in [-0.25, -0.2) is 14.1 Å². The van der Waals surface area contributed by atoms with Gasteiger partial charge in [-0.1, -0.05) is 0 Å². The molecule has 2 heterocycles. The van der Waals surface area contributed by atoms with Crippen LogP contribution in [0, 0.1) is 5.82 Å². The van der Waals surface area contributed by atoms with Gasteiger partial charge in [0.15, 0.2) is 5.96 Å². The summed E-state index contributed by atoms with van der Waals surface area (Å²) in [6.45, 7) is 5.86. The van der Waals surface area contributed by atoms with E-state index in [4.69, 9.17) is 10.5 Å². The van der Waals surface area contributed by atoms with Crippen LogP contribution in [0.2, 0.25) is 0 Å². The molecule has 0 aliphatic carbocycles. The van der Waals surface area contributed by atoms with Crippen LogP contribution >= 0.6 is 0 Å². The summed E-state index contributed by atoms with van der Waals surface area (Å²) in [4.78, 5) is 6.70. The molecule has 0 atom stereocenters. The Morgan fingerprint density at radius 1 is 1.23 bits per heavy atom. The molecular formula is C18H25FN6O. The predicted molar refractivity (Wildman–Crippen MR) is 98.7 cm³/mol. The lowest BCUT2D eigenvalue weighted by Crippen LogP contribution is -2.39. The smallest absolute Gasteiger partial charge is 0.188 e. The first kappa shape index (κ1) is 18.3. The predicted octanol–water partition coefficient (Wildman–Crippen LogP) is 1.14. The van der Waals surface area contributed by atoms with Crippen molar-refractivity contribution < 1.29 is 9.13 Å². The topological polar surface area (TPSA) is 80.7 Å². The van der Waals surface area contributed by atoms with Crippen molar-refractivity contribution in [2.45, 2.75) is 13.0 Å². The molecule has 8 heteroatoms. The van der Waals surface area contributed by atoms with Crippen LogP contribution in [-0.4, -0.2) is 60.0 Å². The average Bonchev–Trinajstić information content (AvgIpc) is 3.14. The summed E-state index contributed by atoms with van der Waals surface area (Å²) in [5, 5.41) is 7.56. The van der Waals surface area contributed by atoms with E-state index in [9.17, 15) is 4.39 Å². The number of nitrogens with zero attached hydrogens (tertiary/aromatic N) is 4. The number of halogens is 1. The number of morpholine rings is 1. The number of guanidine groups is 1. The van der Waals surface area contributed by atoms with Crippen molar-refractivity contribution in [3.63, 3.8) is 0 Å². The van der Waals surface area contributed by atoms with E-state index in [-0.39, 0.29) is 5.82 Å². The lowest BCUT2D eigenvalue weighted by Gasteiger charge is -2.26. The molecule has 7 nitrogen and oxygen atoms in total. The maximum absolute atomic E-state index is 13.0. The third kappa shape index (κ3) is 5.53. The maximum atomic E-state index is 13.0. The summed E-state index contributed by atoms with van der Waals surface area (Å²) in [5.41, 5.74) is 7.50. The van der Waals surface area contributed by atoms with Crippen LogP contribution in [0.15, 0.2) is 41.5 Å². The normalized spacial score (nSPS) is 16.0. The molecule has 1 saturated heterocycles. The molecule has 0 amide bonds. The highest BCUT2D eigenvalue weighted by atomic mass is 19.1. The number of nitrogens with one attached hydrogen (secondary N) is 1. The Bertz CT molecular complexity index is 709. The standard InChI is InChI=1S/C18H25FN6O/c19-15-2-4-17(5-3-15)25-9-6-16(23-25)14-22-18(20)21-7-1-8-24-10-12-26-13-11-24/h2-6,9H,1,7-8,10-14H2,(H3,20,21,22). The first-order valence-electron chi connectivity index (χ1n) is 8.85. The molecule has 1 aliphatic heterocycles. The van der Waals surface area contributed by atoms with Crippen molar-refractivity contribution in [1.82, 2.24) is 20.0 Å². The van der Waals surface area contributed by atoms with Gasteiger partial charge >= 0.3 is 0 Å². The van der Waals surface area contributed by atoms with E-state index in [2.05, 4.69) is 20.3 Å². The highest BCUT2D eigenvalue weighted by Gasteiger charge is 2.09. The van der Waals surface area contributed by atoms with Gasteiger partial charge in [-0.15, -0.1) is 0 Å². The molecule has 1 fully saturated rings. The molecule has 0 bridgehead atoms. The number of hydrogen-bond donors (Lipinski definition) is 2. The number of benzene rings is 1. The van der Waals surface area contributed by atoms with E-state index < -0.39 is 0 Å². The fraction of sp³-hybridized carbons (Fsp3) is 0.444. The molecule has 140 valence electrons. The molecule has 0 unspecified atom stereocenters. The molecule has 3 N–H and O–H groups in total. The van der Waals surface area contributed by atoms with Gasteiger partial charge in [0.2, 0.25) is 0 Å². The first-order valence-corrected chi connectivity index (χ1v) is 8.85. The number of nitrogens with two attached hydrogens (primary N) is 1. The summed E-state index contributed by atoms with van der Waals surface area (Å²) in [7, 11) is 0. The quantitative estimate of drug-likeness (QED) is 0.440. The largest absolute Gasteiger partial charge is 0.379 e. The summed E-state index contributed by atoms with van der Waals surface area (Å²) < 4.78 is 20.0. The third-order valence-electron chi connectivity index (χ3n) is 4.21. The number of ether oxygens (including phenoxy) is 1. The second-order valence-electron chi connectivity index (χ2n) is 6.16. The van der Waals surface area contributed by atoms with Crippen molar-refractivity contribution in [3.8, 4) is 5.69 Å². The molecule has 1 aliphatic rings. The highest BCUT2D eigenvalue weighted by Crippen LogP contribution is 2.09. The summed E-state index contributed by atoms with van der Waals surface area (Å²) >= 11 is 0. The molecule has 0 saturated carbocycles. The van der Waals surface area contributed by atoms with E-state index in [0.717, 1.165) is 57.2 Å². The number of rotatable bonds is 7. The lowest BCUT2D eigenvalue weighted by atomic mass is 10.3. The van der Waals surface area contributed by atoms with Crippen LogP contribution in [0.5, 0.6) is 0 Å². The minimum atomic E-state index is -0.266. The second-order valence-corrected chi connectivity index (χ2v) is 6.16.